The molecule has 0 aliphatic heterocycles. The first kappa shape index (κ1) is 19.4. The lowest BCUT2D eigenvalue weighted by molar-refractivity contribution is -0.134. The summed E-state index contributed by atoms with van der Waals surface area (Å²) in [6.07, 6.45) is 6.96. The summed E-state index contributed by atoms with van der Waals surface area (Å²) in [5, 5.41) is 0. The van der Waals surface area contributed by atoms with Crippen LogP contribution in [0.5, 0.6) is 0 Å². The Morgan fingerprint density at radius 3 is 2.38 bits per heavy atom. The van der Waals surface area contributed by atoms with Gasteiger partial charge in [0.05, 0.1) is 12.7 Å². The van der Waals surface area contributed by atoms with Crippen LogP contribution in [0, 0.1) is 0 Å². The number of aromatic nitrogens is 1. The maximum atomic E-state index is 12.2. The second-order valence-corrected chi connectivity index (χ2v) is 6.86. The second kappa shape index (κ2) is 8.43. The molecular formula is C21H23NO4. The molecule has 0 radical (unpaired) electrons. The van der Waals surface area contributed by atoms with Crippen LogP contribution in [0.15, 0.2) is 48.8 Å². The normalized spacial score (nSPS) is 11.4. The second-order valence-electron chi connectivity index (χ2n) is 6.86. The fourth-order valence-corrected chi connectivity index (χ4v) is 2.25. The van der Waals surface area contributed by atoms with Crippen molar-refractivity contribution in [1.82, 2.24) is 4.98 Å². The van der Waals surface area contributed by atoms with Crippen LogP contribution >= 0.6 is 0 Å². The Morgan fingerprint density at radius 1 is 1.08 bits per heavy atom. The smallest absolute Gasteiger partial charge is 0.340 e. The molecule has 0 fully saturated rings. The highest BCUT2D eigenvalue weighted by atomic mass is 16.6. The fourth-order valence-electron chi connectivity index (χ4n) is 2.25. The van der Waals surface area contributed by atoms with Crippen LogP contribution in [0.25, 0.3) is 6.08 Å². The topological polar surface area (TPSA) is 65.5 Å². The van der Waals surface area contributed by atoms with Gasteiger partial charge in [-0.2, -0.15) is 0 Å². The molecule has 0 saturated carbocycles. The van der Waals surface area contributed by atoms with Crippen LogP contribution in [-0.2, 0) is 20.7 Å². The zero-order valence-electron chi connectivity index (χ0n) is 15.5. The standard InChI is InChI=1S/C21H23NO4/c1-21(2,3)26-20(24)18-12-17(13-22-14-18)11-16-7-5-15(6-8-16)9-10-19(23)25-4/h5-10,12-14H,11H2,1-4H3/b10-9+. The van der Waals surface area contributed by atoms with Crippen molar-refractivity contribution in [3.05, 3.63) is 71.1 Å². The van der Waals surface area contributed by atoms with E-state index in [4.69, 9.17) is 4.74 Å². The Morgan fingerprint density at radius 2 is 1.77 bits per heavy atom. The van der Waals surface area contributed by atoms with Crippen molar-refractivity contribution in [2.45, 2.75) is 32.8 Å². The van der Waals surface area contributed by atoms with Crippen molar-refractivity contribution < 1.29 is 19.1 Å². The van der Waals surface area contributed by atoms with Gasteiger partial charge in [-0.25, -0.2) is 9.59 Å². The highest BCUT2D eigenvalue weighted by Crippen LogP contribution is 2.15. The molecule has 5 heteroatoms. The molecule has 2 rings (SSSR count). The lowest BCUT2D eigenvalue weighted by Gasteiger charge is -2.19. The Kier molecular flexibility index (Phi) is 6.28. The van der Waals surface area contributed by atoms with Gasteiger partial charge >= 0.3 is 11.9 Å². The summed E-state index contributed by atoms with van der Waals surface area (Å²) in [6.45, 7) is 5.50. The summed E-state index contributed by atoms with van der Waals surface area (Å²) in [7, 11) is 1.34. The first-order valence-corrected chi connectivity index (χ1v) is 8.29. The summed E-state index contributed by atoms with van der Waals surface area (Å²) in [4.78, 5) is 27.4. The number of ether oxygens (including phenoxy) is 2. The van der Waals surface area contributed by atoms with E-state index in [1.165, 1.54) is 19.4 Å². The average Bonchev–Trinajstić information content (AvgIpc) is 2.59. The van der Waals surface area contributed by atoms with Gasteiger partial charge < -0.3 is 9.47 Å². The molecule has 0 amide bonds. The van der Waals surface area contributed by atoms with Crippen LogP contribution in [-0.4, -0.2) is 29.6 Å². The van der Waals surface area contributed by atoms with Gasteiger partial charge in [-0.1, -0.05) is 24.3 Å². The summed E-state index contributed by atoms with van der Waals surface area (Å²) in [5.41, 5.74) is 2.80. The van der Waals surface area contributed by atoms with Gasteiger partial charge in [-0.15, -0.1) is 0 Å². The summed E-state index contributed by atoms with van der Waals surface area (Å²) in [5.74, 6) is -0.769. The molecule has 5 nitrogen and oxygen atoms in total. The molecule has 0 aliphatic carbocycles. The molecule has 1 aromatic carbocycles. The Labute approximate surface area is 153 Å². The van der Waals surface area contributed by atoms with Gasteiger partial charge in [0.25, 0.3) is 0 Å². The summed E-state index contributed by atoms with van der Waals surface area (Å²) in [6, 6.07) is 9.57. The van der Waals surface area contributed by atoms with E-state index < -0.39 is 5.60 Å². The molecule has 0 N–H and O–H groups in total. The van der Waals surface area contributed by atoms with E-state index in [9.17, 15) is 9.59 Å². The number of methoxy groups -OCH3 is 1. The third-order valence-corrected chi connectivity index (χ3v) is 3.43. The number of carbonyl (C=O) groups is 2. The molecule has 0 saturated heterocycles. The van der Waals surface area contributed by atoms with E-state index in [0.29, 0.717) is 12.0 Å². The molecule has 1 heterocycles. The van der Waals surface area contributed by atoms with Crippen molar-refractivity contribution >= 4 is 18.0 Å². The number of hydrogen-bond donors (Lipinski definition) is 0. The third-order valence-electron chi connectivity index (χ3n) is 3.43. The van der Waals surface area contributed by atoms with Crippen molar-refractivity contribution in [3.8, 4) is 0 Å². The first-order chi connectivity index (χ1) is 12.3. The van der Waals surface area contributed by atoms with Gasteiger partial charge in [0.15, 0.2) is 0 Å². The minimum absolute atomic E-state index is 0.379. The molecule has 2 aromatic rings. The van der Waals surface area contributed by atoms with E-state index in [1.54, 1.807) is 18.3 Å². The monoisotopic (exact) mass is 353 g/mol. The molecule has 136 valence electrons. The number of benzene rings is 1. The Hall–Kier alpha value is -2.95. The molecule has 0 unspecified atom stereocenters. The van der Waals surface area contributed by atoms with Gasteiger partial charge in [0.2, 0.25) is 0 Å². The highest BCUT2D eigenvalue weighted by molar-refractivity contribution is 5.89. The van der Waals surface area contributed by atoms with E-state index in [2.05, 4.69) is 9.72 Å². The number of carbonyl (C=O) groups excluding carboxylic acids is 2. The third kappa shape index (κ3) is 6.16. The molecule has 26 heavy (non-hydrogen) atoms. The van der Waals surface area contributed by atoms with Crippen LogP contribution in [0.1, 0.15) is 47.8 Å². The minimum atomic E-state index is -0.541. The molecule has 0 spiro atoms. The van der Waals surface area contributed by atoms with E-state index in [0.717, 1.165) is 16.7 Å². The number of pyridine rings is 1. The molecule has 0 aliphatic rings. The molecule has 0 atom stereocenters. The fraction of sp³-hybridized carbons (Fsp3) is 0.286. The predicted molar refractivity (Wildman–Crippen MR) is 99.7 cm³/mol. The van der Waals surface area contributed by atoms with Crippen molar-refractivity contribution in [1.29, 1.82) is 0 Å². The Bertz CT molecular complexity index is 802. The largest absolute Gasteiger partial charge is 0.466 e. The zero-order valence-corrected chi connectivity index (χ0v) is 15.5. The minimum Gasteiger partial charge on any atom is -0.466 e. The maximum Gasteiger partial charge on any atom is 0.340 e. The predicted octanol–water partition coefficient (Wildman–Crippen LogP) is 3.81. The van der Waals surface area contributed by atoms with Crippen LogP contribution in [0.3, 0.4) is 0 Å². The lowest BCUT2D eigenvalue weighted by atomic mass is 10.0. The summed E-state index contributed by atoms with van der Waals surface area (Å²) < 4.78 is 9.94. The average molecular weight is 353 g/mol. The van der Waals surface area contributed by atoms with E-state index in [-0.39, 0.29) is 11.9 Å². The molecular weight excluding hydrogens is 330 g/mol. The Balaban J connectivity index is 2.07. The van der Waals surface area contributed by atoms with Gasteiger partial charge in [0.1, 0.15) is 5.60 Å². The lowest BCUT2D eigenvalue weighted by Crippen LogP contribution is -2.24. The molecule has 0 bridgehead atoms. The van der Waals surface area contributed by atoms with Crippen LogP contribution in [0.4, 0.5) is 0 Å². The van der Waals surface area contributed by atoms with Crippen LogP contribution < -0.4 is 0 Å². The first-order valence-electron chi connectivity index (χ1n) is 8.29. The van der Waals surface area contributed by atoms with Crippen molar-refractivity contribution in [2.75, 3.05) is 7.11 Å². The zero-order chi connectivity index (χ0) is 19.2. The van der Waals surface area contributed by atoms with Gasteiger partial charge in [0, 0.05) is 18.5 Å². The van der Waals surface area contributed by atoms with Gasteiger partial charge in [-0.05, 0) is 56.0 Å². The number of hydrogen-bond acceptors (Lipinski definition) is 5. The van der Waals surface area contributed by atoms with E-state index in [1.807, 2.05) is 45.0 Å². The SMILES string of the molecule is COC(=O)/C=C/c1ccc(Cc2cncc(C(=O)OC(C)(C)C)c2)cc1. The van der Waals surface area contributed by atoms with Gasteiger partial charge in [-0.3, -0.25) is 4.98 Å². The van der Waals surface area contributed by atoms with Crippen molar-refractivity contribution in [3.63, 3.8) is 0 Å². The van der Waals surface area contributed by atoms with Crippen LogP contribution in [0.2, 0.25) is 0 Å². The van der Waals surface area contributed by atoms with Crippen molar-refractivity contribution in [2.24, 2.45) is 0 Å². The van der Waals surface area contributed by atoms with E-state index >= 15 is 0 Å². The molecule has 1 aromatic heterocycles. The number of nitrogens with zero attached hydrogens (tertiary/aromatic N) is 1. The quantitative estimate of drug-likeness (QED) is 0.604. The number of rotatable bonds is 5. The number of esters is 2. The highest BCUT2D eigenvalue weighted by Gasteiger charge is 2.18. The summed E-state index contributed by atoms with van der Waals surface area (Å²) >= 11 is 0. The maximum absolute atomic E-state index is 12.2.